The molecule has 0 unspecified atom stereocenters. The lowest BCUT2D eigenvalue weighted by Crippen LogP contribution is -2.32. The number of rotatable bonds is 4. The van der Waals surface area contributed by atoms with Gasteiger partial charge in [-0.3, -0.25) is 9.98 Å². The van der Waals surface area contributed by atoms with E-state index in [1.165, 1.54) is 0 Å². The summed E-state index contributed by atoms with van der Waals surface area (Å²) in [5, 5.41) is 18.3. The molecule has 156 valence electrons. The Morgan fingerprint density at radius 1 is 1.26 bits per heavy atom. The van der Waals surface area contributed by atoms with Crippen molar-refractivity contribution in [1.82, 2.24) is 4.57 Å². The Balaban J connectivity index is 2.05. The number of nitrogens with zero attached hydrogens (tertiary/aromatic N) is 2. The van der Waals surface area contributed by atoms with E-state index in [2.05, 4.69) is 22.0 Å². The molecule has 0 spiro atoms. The highest BCUT2D eigenvalue weighted by atomic mass is 79.9. The Hall–Kier alpha value is -3.57. The molecule has 0 amide bonds. The van der Waals surface area contributed by atoms with Crippen LogP contribution in [0.1, 0.15) is 34.3 Å². The maximum Gasteiger partial charge on any atom is 0.342 e. The lowest BCUT2D eigenvalue weighted by atomic mass is 9.79. The number of nitrogens with one attached hydrogen (secondary N) is 1. The van der Waals surface area contributed by atoms with Gasteiger partial charge in [0.1, 0.15) is 17.3 Å². The molecule has 2 aromatic carbocycles. The average Bonchev–Trinajstić information content (AvgIpc) is 3.05. The minimum absolute atomic E-state index is 0.142. The summed E-state index contributed by atoms with van der Waals surface area (Å²) in [7, 11) is 0. The summed E-state index contributed by atoms with van der Waals surface area (Å²) in [6.07, 6.45) is 0. The molecule has 0 bridgehead atoms. The number of para-hydroxylation sites is 1. The van der Waals surface area contributed by atoms with Crippen molar-refractivity contribution in [2.75, 3.05) is 12.3 Å². The SMILES string of the molecule is CCOC(=O)c1c2c(n(-c3ccccc3)c1N)OC(=N)[C@H](C#N)[C@H]2c1ccc(Br)cc1. The molecule has 0 fully saturated rings. The number of esters is 1. The first kappa shape index (κ1) is 20.7. The average molecular weight is 479 g/mol. The lowest BCUT2D eigenvalue weighted by Gasteiger charge is -2.29. The standard InChI is InChI=1S/C23H19BrN4O3/c1-2-30-23(29)19-18-17(13-8-10-14(24)11-9-13)16(12-25)21(27)31-22(18)28(20(19)26)15-6-4-3-5-7-15/h3-11,16-17,27H,2,26H2,1H3/t16-,17-/m1/s1. The number of benzene rings is 2. The summed E-state index contributed by atoms with van der Waals surface area (Å²) in [5.74, 6) is -1.96. The Morgan fingerprint density at radius 2 is 1.94 bits per heavy atom. The number of fused-ring (bicyclic) bond motifs is 1. The minimum Gasteiger partial charge on any atom is -0.462 e. The zero-order valence-electron chi connectivity index (χ0n) is 16.6. The fourth-order valence-electron chi connectivity index (χ4n) is 3.87. The summed E-state index contributed by atoms with van der Waals surface area (Å²) in [6.45, 7) is 1.88. The predicted octanol–water partition coefficient (Wildman–Crippen LogP) is 4.64. The molecule has 0 radical (unpaired) electrons. The van der Waals surface area contributed by atoms with Crippen LogP contribution in [-0.4, -0.2) is 23.0 Å². The van der Waals surface area contributed by atoms with Crippen molar-refractivity contribution in [2.24, 2.45) is 5.92 Å². The van der Waals surface area contributed by atoms with Crippen LogP contribution in [0.2, 0.25) is 0 Å². The lowest BCUT2D eigenvalue weighted by molar-refractivity contribution is 0.0525. The molecular weight excluding hydrogens is 460 g/mol. The van der Waals surface area contributed by atoms with Crippen LogP contribution in [0.3, 0.4) is 0 Å². The van der Waals surface area contributed by atoms with E-state index in [1.807, 2.05) is 54.6 Å². The van der Waals surface area contributed by atoms with E-state index >= 15 is 0 Å². The third kappa shape index (κ3) is 3.47. The number of nitriles is 1. The van der Waals surface area contributed by atoms with Crippen molar-refractivity contribution in [3.8, 4) is 17.6 Å². The summed E-state index contributed by atoms with van der Waals surface area (Å²) < 4.78 is 13.6. The zero-order chi connectivity index (χ0) is 22.1. The van der Waals surface area contributed by atoms with Crippen LogP contribution in [0.25, 0.3) is 5.69 Å². The fraction of sp³-hybridized carbons (Fsp3) is 0.174. The third-order valence-electron chi connectivity index (χ3n) is 5.20. The first-order chi connectivity index (χ1) is 15.0. The number of nitrogens with two attached hydrogens (primary N) is 1. The normalized spacial score (nSPS) is 17.4. The third-order valence-corrected chi connectivity index (χ3v) is 5.72. The second-order valence-corrected chi connectivity index (χ2v) is 7.89. The van der Waals surface area contributed by atoms with Crippen LogP contribution in [0, 0.1) is 22.7 Å². The van der Waals surface area contributed by atoms with Crippen LogP contribution in [0.4, 0.5) is 5.82 Å². The molecule has 1 aliphatic rings. The maximum absolute atomic E-state index is 13.0. The van der Waals surface area contributed by atoms with E-state index in [-0.39, 0.29) is 29.8 Å². The van der Waals surface area contributed by atoms with Crippen LogP contribution in [0.15, 0.2) is 59.1 Å². The van der Waals surface area contributed by atoms with E-state index in [0.717, 1.165) is 10.0 Å². The number of carbonyl (C=O) groups is 1. The van der Waals surface area contributed by atoms with Crippen LogP contribution < -0.4 is 10.5 Å². The number of hydrogen-bond donors (Lipinski definition) is 2. The van der Waals surface area contributed by atoms with Crippen LogP contribution >= 0.6 is 15.9 Å². The first-order valence-electron chi connectivity index (χ1n) is 9.65. The number of ether oxygens (including phenoxy) is 2. The second kappa shape index (κ2) is 8.28. The quantitative estimate of drug-likeness (QED) is 0.530. The van der Waals surface area contributed by atoms with Gasteiger partial charge < -0.3 is 15.2 Å². The van der Waals surface area contributed by atoms with Gasteiger partial charge in [-0.1, -0.05) is 46.3 Å². The van der Waals surface area contributed by atoms with E-state index < -0.39 is 17.8 Å². The first-order valence-corrected chi connectivity index (χ1v) is 10.4. The monoisotopic (exact) mass is 478 g/mol. The molecule has 3 aromatic rings. The number of anilines is 1. The van der Waals surface area contributed by atoms with Crippen LogP contribution in [0.5, 0.6) is 5.88 Å². The van der Waals surface area contributed by atoms with Crippen molar-refractivity contribution in [3.05, 3.63) is 75.8 Å². The number of hydrogen-bond acceptors (Lipinski definition) is 6. The van der Waals surface area contributed by atoms with Gasteiger partial charge in [0, 0.05) is 16.0 Å². The van der Waals surface area contributed by atoms with Gasteiger partial charge in [-0.25, -0.2) is 4.79 Å². The van der Waals surface area contributed by atoms with Gasteiger partial charge in [-0.05, 0) is 36.8 Å². The van der Waals surface area contributed by atoms with Gasteiger partial charge in [0.15, 0.2) is 0 Å². The number of nitrogen functional groups attached to an aromatic ring is 1. The van der Waals surface area contributed by atoms with Crippen molar-refractivity contribution in [2.45, 2.75) is 12.8 Å². The molecule has 2 heterocycles. The molecule has 0 aliphatic carbocycles. The van der Waals surface area contributed by atoms with Gasteiger partial charge in [0.25, 0.3) is 0 Å². The molecule has 7 nitrogen and oxygen atoms in total. The highest BCUT2D eigenvalue weighted by Gasteiger charge is 2.44. The summed E-state index contributed by atoms with van der Waals surface area (Å²) in [5.41, 5.74) is 8.50. The molecule has 31 heavy (non-hydrogen) atoms. The van der Waals surface area contributed by atoms with Crippen molar-refractivity contribution in [1.29, 1.82) is 10.7 Å². The highest BCUT2D eigenvalue weighted by Crippen LogP contribution is 2.48. The van der Waals surface area contributed by atoms with Crippen molar-refractivity contribution in [3.63, 3.8) is 0 Å². The van der Waals surface area contributed by atoms with Gasteiger partial charge in [0.2, 0.25) is 11.8 Å². The van der Waals surface area contributed by atoms with Crippen LogP contribution in [-0.2, 0) is 4.74 Å². The Kier molecular flexibility index (Phi) is 5.53. The van der Waals surface area contributed by atoms with E-state index in [0.29, 0.717) is 11.3 Å². The van der Waals surface area contributed by atoms with Gasteiger partial charge in [-0.2, -0.15) is 5.26 Å². The van der Waals surface area contributed by atoms with Gasteiger partial charge in [0.05, 0.1) is 18.4 Å². The van der Waals surface area contributed by atoms with Crippen molar-refractivity contribution >= 4 is 33.6 Å². The number of aromatic nitrogens is 1. The molecule has 0 saturated carbocycles. The topological polar surface area (TPSA) is 114 Å². The molecule has 1 aromatic heterocycles. The summed E-state index contributed by atoms with van der Waals surface area (Å²) in [4.78, 5) is 13.0. The Bertz CT molecular complexity index is 1200. The highest BCUT2D eigenvalue weighted by molar-refractivity contribution is 9.10. The van der Waals surface area contributed by atoms with Gasteiger partial charge in [-0.15, -0.1) is 0 Å². The smallest absolute Gasteiger partial charge is 0.342 e. The van der Waals surface area contributed by atoms with Crippen molar-refractivity contribution < 1.29 is 14.3 Å². The zero-order valence-corrected chi connectivity index (χ0v) is 18.2. The molecular formula is C23H19BrN4O3. The Labute approximate surface area is 187 Å². The predicted molar refractivity (Wildman–Crippen MR) is 120 cm³/mol. The van der Waals surface area contributed by atoms with E-state index in [1.54, 1.807) is 11.5 Å². The molecule has 0 saturated heterocycles. The summed E-state index contributed by atoms with van der Waals surface area (Å²) in [6, 6.07) is 18.8. The largest absolute Gasteiger partial charge is 0.462 e. The number of halogens is 1. The molecule has 8 heteroatoms. The molecule has 1 aliphatic heterocycles. The second-order valence-electron chi connectivity index (χ2n) is 6.97. The van der Waals surface area contributed by atoms with E-state index in [4.69, 9.17) is 20.6 Å². The Morgan fingerprint density at radius 3 is 2.55 bits per heavy atom. The molecule has 3 N–H and O–H groups in total. The summed E-state index contributed by atoms with van der Waals surface area (Å²) >= 11 is 3.42. The van der Waals surface area contributed by atoms with E-state index in [9.17, 15) is 10.1 Å². The number of carbonyl (C=O) groups excluding carboxylic acids is 1. The fourth-order valence-corrected chi connectivity index (χ4v) is 4.14. The minimum atomic E-state index is -0.923. The molecule has 4 rings (SSSR count). The van der Waals surface area contributed by atoms with Gasteiger partial charge >= 0.3 is 5.97 Å². The maximum atomic E-state index is 13.0. The molecule has 2 atom stereocenters.